The summed E-state index contributed by atoms with van der Waals surface area (Å²) >= 11 is 0. The molecule has 0 aromatic carbocycles. The van der Waals surface area contributed by atoms with Crippen molar-refractivity contribution in [2.75, 3.05) is 0 Å². The lowest BCUT2D eigenvalue weighted by Gasteiger charge is -2.03. The molecule has 0 radical (unpaired) electrons. The molecule has 0 bridgehead atoms. The third kappa shape index (κ3) is 2.47. The molecule has 2 atom stereocenters. The normalized spacial score (nSPS) is 19.1. The van der Waals surface area contributed by atoms with Crippen molar-refractivity contribution in [2.45, 2.75) is 32.1 Å². The molecule has 4 aromatic heterocycles. The van der Waals surface area contributed by atoms with Gasteiger partial charge in [0.1, 0.15) is 17.0 Å². The van der Waals surface area contributed by atoms with E-state index in [1.807, 2.05) is 55.1 Å². The average Bonchev–Trinajstić information content (AvgIpc) is 3.01. The predicted molar refractivity (Wildman–Crippen MR) is 101 cm³/mol. The molecule has 1 aliphatic rings. The summed E-state index contributed by atoms with van der Waals surface area (Å²) in [4.78, 5) is 14.0. The van der Waals surface area contributed by atoms with E-state index >= 15 is 0 Å². The minimum Gasteiger partial charge on any atom is -0.316 e. The number of rotatable bonds is 3. The van der Waals surface area contributed by atoms with E-state index in [1.54, 1.807) is 0 Å². The smallest absolute Gasteiger partial charge is 0.180 e. The van der Waals surface area contributed by atoms with Crippen molar-refractivity contribution in [3.63, 3.8) is 0 Å². The molecule has 8 nitrogen and oxygen atoms in total. The summed E-state index contributed by atoms with van der Waals surface area (Å²) in [6.45, 7) is 3.96. The van der Waals surface area contributed by atoms with Gasteiger partial charge < -0.3 is 4.57 Å². The van der Waals surface area contributed by atoms with Crippen LogP contribution < -0.4 is 0 Å². The van der Waals surface area contributed by atoms with E-state index < -0.39 is 0 Å². The highest BCUT2D eigenvalue weighted by atomic mass is 15.3. The van der Waals surface area contributed by atoms with Crippen LogP contribution in [0.5, 0.6) is 0 Å². The maximum atomic E-state index is 4.78. The van der Waals surface area contributed by atoms with Crippen LogP contribution in [0, 0.1) is 13.8 Å². The topological polar surface area (TPSA) is 79.2 Å². The molecule has 0 aliphatic heterocycles. The van der Waals surface area contributed by atoms with Crippen LogP contribution >= 0.6 is 0 Å². The standard InChI is InChI=1S/C19H22N8/c1-10-17-19(26(4)11(2)22-17)23-18(21-10)16-7-15(24-27(16)5)14-6-13(14)12-8-20-25(3)9-12/h7-9,13-14H,6H2,1-5H3/t13-,14+/m0/s1. The fraction of sp³-hybridized carbons (Fsp3) is 0.421. The van der Waals surface area contributed by atoms with E-state index in [-0.39, 0.29) is 0 Å². The van der Waals surface area contributed by atoms with E-state index in [0.717, 1.165) is 40.5 Å². The monoisotopic (exact) mass is 362 g/mol. The van der Waals surface area contributed by atoms with E-state index in [4.69, 9.17) is 15.1 Å². The summed E-state index contributed by atoms with van der Waals surface area (Å²) in [5.74, 6) is 2.58. The summed E-state index contributed by atoms with van der Waals surface area (Å²) in [6.07, 6.45) is 5.17. The average molecular weight is 362 g/mol. The fourth-order valence-electron chi connectivity index (χ4n) is 3.82. The lowest BCUT2D eigenvalue weighted by molar-refractivity contribution is 0.742. The number of nitrogens with zero attached hydrogens (tertiary/aromatic N) is 8. The first-order chi connectivity index (χ1) is 12.9. The van der Waals surface area contributed by atoms with Crippen molar-refractivity contribution >= 4 is 11.2 Å². The van der Waals surface area contributed by atoms with E-state index in [1.165, 1.54) is 5.56 Å². The van der Waals surface area contributed by atoms with Crippen LogP contribution in [0.2, 0.25) is 0 Å². The summed E-state index contributed by atoms with van der Waals surface area (Å²) in [6, 6.07) is 2.13. The number of imidazole rings is 1. The molecule has 0 amide bonds. The summed E-state index contributed by atoms with van der Waals surface area (Å²) in [5, 5.41) is 9.04. The maximum Gasteiger partial charge on any atom is 0.180 e. The molecular weight excluding hydrogens is 340 g/mol. The van der Waals surface area contributed by atoms with Crippen LogP contribution in [0.3, 0.4) is 0 Å². The molecule has 1 saturated carbocycles. The highest BCUT2D eigenvalue weighted by Crippen LogP contribution is 2.54. The van der Waals surface area contributed by atoms with Gasteiger partial charge in [-0.15, -0.1) is 0 Å². The fourth-order valence-corrected chi connectivity index (χ4v) is 3.82. The lowest BCUT2D eigenvalue weighted by Crippen LogP contribution is -2.01. The Hall–Kier alpha value is -3.03. The second kappa shape index (κ2) is 5.48. The molecular formula is C19H22N8. The molecule has 0 saturated heterocycles. The zero-order valence-corrected chi connectivity index (χ0v) is 16.2. The first-order valence-corrected chi connectivity index (χ1v) is 9.13. The summed E-state index contributed by atoms with van der Waals surface area (Å²) in [5.41, 5.74) is 5.93. The number of aryl methyl sites for hydroxylation is 5. The molecule has 0 unspecified atom stereocenters. The highest BCUT2D eigenvalue weighted by molar-refractivity contribution is 5.76. The van der Waals surface area contributed by atoms with Crippen LogP contribution in [0.1, 0.15) is 41.0 Å². The van der Waals surface area contributed by atoms with Crippen LogP contribution in [-0.4, -0.2) is 39.1 Å². The second-order valence-corrected chi connectivity index (χ2v) is 7.50. The Kier molecular flexibility index (Phi) is 3.28. The Balaban J connectivity index is 1.52. The van der Waals surface area contributed by atoms with E-state index in [9.17, 15) is 0 Å². The third-order valence-corrected chi connectivity index (χ3v) is 5.57. The van der Waals surface area contributed by atoms with Gasteiger partial charge in [0.25, 0.3) is 0 Å². The van der Waals surface area contributed by atoms with Crippen molar-refractivity contribution in [2.24, 2.45) is 21.1 Å². The Bertz CT molecular complexity index is 1180. The molecule has 1 fully saturated rings. The Morgan fingerprint density at radius 1 is 1.04 bits per heavy atom. The maximum absolute atomic E-state index is 4.78. The van der Waals surface area contributed by atoms with Crippen molar-refractivity contribution in [1.29, 1.82) is 0 Å². The van der Waals surface area contributed by atoms with Crippen molar-refractivity contribution < 1.29 is 0 Å². The Morgan fingerprint density at radius 3 is 2.59 bits per heavy atom. The number of fused-ring (bicyclic) bond motifs is 1. The molecule has 138 valence electrons. The first-order valence-electron chi connectivity index (χ1n) is 9.13. The first kappa shape index (κ1) is 16.2. The molecule has 4 heterocycles. The van der Waals surface area contributed by atoms with Crippen LogP contribution in [0.25, 0.3) is 22.7 Å². The molecule has 1 aliphatic carbocycles. The van der Waals surface area contributed by atoms with Gasteiger partial charge in [-0.2, -0.15) is 10.2 Å². The molecule has 0 spiro atoms. The molecule has 4 aromatic rings. The second-order valence-electron chi connectivity index (χ2n) is 7.50. The van der Waals surface area contributed by atoms with Gasteiger partial charge in [-0.25, -0.2) is 15.0 Å². The number of hydrogen-bond acceptors (Lipinski definition) is 5. The number of aromatic nitrogens is 8. The summed E-state index contributed by atoms with van der Waals surface area (Å²) < 4.78 is 5.75. The van der Waals surface area contributed by atoms with Crippen LogP contribution in [-0.2, 0) is 21.1 Å². The highest BCUT2D eigenvalue weighted by Gasteiger charge is 2.42. The van der Waals surface area contributed by atoms with Gasteiger partial charge in [-0.3, -0.25) is 9.36 Å². The van der Waals surface area contributed by atoms with Gasteiger partial charge in [0.05, 0.1) is 17.6 Å². The van der Waals surface area contributed by atoms with Gasteiger partial charge in [0.2, 0.25) is 0 Å². The van der Waals surface area contributed by atoms with Gasteiger partial charge in [0.15, 0.2) is 11.5 Å². The lowest BCUT2D eigenvalue weighted by atomic mass is 10.1. The SMILES string of the molecule is Cc1nc(-c2cc([C@@H]3C[C@H]3c3cnn(C)c3)nn2C)nc2c1nc(C)n2C. The minimum absolute atomic E-state index is 0.443. The van der Waals surface area contributed by atoms with Crippen LogP contribution in [0.15, 0.2) is 18.5 Å². The van der Waals surface area contributed by atoms with Gasteiger partial charge in [-0.05, 0) is 37.8 Å². The molecule has 5 rings (SSSR count). The molecule has 27 heavy (non-hydrogen) atoms. The minimum atomic E-state index is 0.443. The summed E-state index contributed by atoms with van der Waals surface area (Å²) in [7, 11) is 5.89. The van der Waals surface area contributed by atoms with E-state index in [0.29, 0.717) is 17.7 Å². The Morgan fingerprint density at radius 2 is 1.85 bits per heavy atom. The van der Waals surface area contributed by atoms with Crippen molar-refractivity contribution in [1.82, 2.24) is 39.1 Å². The van der Waals surface area contributed by atoms with Gasteiger partial charge in [0, 0.05) is 33.3 Å². The van der Waals surface area contributed by atoms with E-state index in [2.05, 4.69) is 22.3 Å². The number of hydrogen-bond donors (Lipinski definition) is 0. The largest absolute Gasteiger partial charge is 0.316 e. The quantitative estimate of drug-likeness (QED) is 0.559. The van der Waals surface area contributed by atoms with Gasteiger partial charge >= 0.3 is 0 Å². The van der Waals surface area contributed by atoms with Gasteiger partial charge in [-0.1, -0.05) is 0 Å². The van der Waals surface area contributed by atoms with Crippen molar-refractivity contribution in [3.8, 4) is 11.5 Å². The third-order valence-electron chi connectivity index (χ3n) is 5.57. The van der Waals surface area contributed by atoms with Crippen LogP contribution in [0.4, 0.5) is 0 Å². The zero-order valence-electron chi connectivity index (χ0n) is 16.2. The Labute approximate surface area is 156 Å². The van der Waals surface area contributed by atoms with Crippen molar-refractivity contribution in [3.05, 3.63) is 41.2 Å². The predicted octanol–water partition coefficient (Wildman–Crippen LogP) is 2.39. The zero-order chi connectivity index (χ0) is 18.9. The molecule has 8 heteroatoms. The molecule has 0 N–H and O–H groups in total.